The fourth-order valence-corrected chi connectivity index (χ4v) is 5.66. The second-order valence-corrected chi connectivity index (χ2v) is 9.56. The Labute approximate surface area is 181 Å². The van der Waals surface area contributed by atoms with E-state index in [1.807, 2.05) is 6.07 Å². The van der Waals surface area contributed by atoms with Crippen LogP contribution in [0.5, 0.6) is 0 Å². The van der Waals surface area contributed by atoms with Crippen molar-refractivity contribution < 1.29 is 9.53 Å². The van der Waals surface area contributed by atoms with E-state index in [0.29, 0.717) is 12.5 Å². The quantitative estimate of drug-likeness (QED) is 0.648. The lowest BCUT2D eigenvalue weighted by atomic mass is 9.87. The molecule has 1 amide bonds. The molecule has 2 N–H and O–H groups in total. The van der Waals surface area contributed by atoms with Crippen molar-refractivity contribution >= 4 is 28.1 Å². The number of ether oxygens (including phenoxy) is 1. The van der Waals surface area contributed by atoms with Crippen molar-refractivity contribution in [3.63, 3.8) is 0 Å². The average molecular weight is 424 g/mol. The summed E-state index contributed by atoms with van der Waals surface area (Å²) in [5.74, 6) is 0.708. The van der Waals surface area contributed by atoms with Crippen molar-refractivity contribution in [2.75, 3.05) is 32.8 Å². The summed E-state index contributed by atoms with van der Waals surface area (Å²) < 4.78 is 5.52. The molecule has 0 bridgehead atoms. The third-order valence-corrected chi connectivity index (χ3v) is 7.48. The zero-order chi connectivity index (χ0) is 20.5. The number of aromatic nitrogens is 1. The van der Waals surface area contributed by atoms with E-state index in [1.165, 1.54) is 27.9 Å². The fraction of sp³-hybridized carbons (Fsp3) is 0.458. The zero-order valence-electron chi connectivity index (χ0n) is 17.4. The number of amides is 1. The van der Waals surface area contributed by atoms with Crippen molar-refractivity contribution in [2.24, 2.45) is 5.92 Å². The molecule has 5 rings (SSSR count). The van der Waals surface area contributed by atoms with Gasteiger partial charge in [0.15, 0.2) is 0 Å². The highest BCUT2D eigenvalue weighted by Crippen LogP contribution is 2.32. The number of aryl methyl sites for hydroxylation is 1. The molecule has 158 valence electrons. The van der Waals surface area contributed by atoms with Crippen molar-refractivity contribution in [2.45, 2.75) is 32.2 Å². The van der Waals surface area contributed by atoms with Crippen LogP contribution in [0.1, 0.15) is 45.9 Å². The van der Waals surface area contributed by atoms with Crippen molar-refractivity contribution in [1.82, 2.24) is 15.2 Å². The number of carbonyl (C=O) groups excluding carboxylic acids is 1. The minimum absolute atomic E-state index is 0.00511. The first-order chi connectivity index (χ1) is 14.7. The van der Waals surface area contributed by atoms with E-state index in [4.69, 9.17) is 4.74 Å². The molecule has 1 aromatic carbocycles. The maximum absolute atomic E-state index is 13.0. The number of nitrogens with zero attached hydrogens (tertiary/aromatic N) is 1. The van der Waals surface area contributed by atoms with Gasteiger partial charge in [0.05, 0.1) is 19.3 Å². The van der Waals surface area contributed by atoms with Gasteiger partial charge in [0, 0.05) is 46.7 Å². The summed E-state index contributed by atoms with van der Waals surface area (Å²) >= 11 is 1.75. The summed E-state index contributed by atoms with van der Waals surface area (Å²) in [6.07, 6.45) is 3.44. The predicted octanol–water partition coefficient (Wildman–Crippen LogP) is 4.16. The van der Waals surface area contributed by atoms with Gasteiger partial charge in [-0.15, -0.1) is 11.3 Å². The molecular weight excluding hydrogens is 394 g/mol. The molecule has 1 fully saturated rings. The monoisotopic (exact) mass is 423 g/mol. The lowest BCUT2D eigenvalue weighted by Crippen LogP contribution is -2.43. The first-order valence-electron chi connectivity index (χ1n) is 11.0. The van der Waals surface area contributed by atoms with Crippen LogP contribution in [-0.4, -0.2) is 48.6 Å². The summed E-state index contributed by atoms with van der Waals surface area (Å²) in [7, 11) is 0. The van der Waals surface area contributed by atoms with Gasteiger partial charge in [0.2, 0.25) is 0 Å². The first kappa shape index (κ1) is 19.8. The van der Waals surface area contributed by atoms with Crippen LogP contribution in [0.15, 0.2) is 35.7 Å². The molecule has 2 atom stereocenters. The van der Waals surface area contributed by atoms with Crippen LogP contribution in [0.2, 0.25) is 0 Å². The van der Waals surface area contributed by atoms with E-state index in [2.05, 4.69) is 51.8 Å². The topological polar surface area (TPSA) is 57.4 Å². The molecule has 3 heterocycles. The summed E-state index contributed by atoms with van der Waals surface area (Å²) in [6.45, 7) is 6.23. The number of thiophene rings is 1. The molecule has 0 radical (unpaired) electrons. The van der Waals surface area contributed by atoms with E-state index in [1.54, 1.807) is 11.3 Å². The Morgan fingerprint density at radius 3 is 3.00 bits per heavy atom. The highest BCUT2D eigenvalue weighted by molar-refractivity contribution is 7.10. The number of fused-ring (bicyclic) bond motifs is 3. The van der Waals surface area contributed by atoms with E-state index in [0.717, 1.165) is 50.2 Å². The molecule has 5 nitrogen and oxygen atoms in total. The maximum atomic E-state index is 13.0. The van der Waals surface area contributed by atoms with Gasteiger partial charge in [0.1, 0.15) is 0 Å². The van der Waals surface area contributed by atoms with Crippen LogP contribution in [0, 0.1) is 5.92 Å². The highest BCUT2D eigenvalue weighted by atomic mass is 32.1. The molecule has 6 heteroatoms. The largest absolute Gasteiger partial charge is 0.379 e. The lowest BCUT2D eigenvalue weighted by Gasteiger charge is -2.34. The average Bonchev–Trinajstić information content (AvgIpc) is 3.42. The smallest absolute Gasteiger partial charge is 0.251 e. The van der Waals surface area contributed by atoms with Crippen molar-refractivity contribution in [3.8, 4) is 0 Å². The fourth-order valence-electron chi connectivity index (χ4n) is 4.80. The molecule has 0 spiro atoms. The number of benzene rings is 1. The molecule has 2 aliphatic rings. The Bertz CT molecular complexity index is 1020. The van der Waals surface area contributed by atoms with Gasteiger partial charge >= 0.3 is 0 Å². The van der Waals surface area contributed by atoms with Gasteiger partial charge in [-0.3, -0.25) is 9.69 Å². The predicted molar refractivity (Wildman–Crippen MR) is 121 cm³/mol. The van der Waals surface area contributed by atoms with Crippen LogP contribution in [0.3, 0.4) is 0 Å². The molecular formula is C24H29N3O2S. The standard InChI is InChI=1S/C24H29N3O2S/c1-16-4-6-20-18(13-16)19-14-17(5-7-21(19)26-20)24(28)25-15-22(23-3-2-12-30-23)27-8-10-29-11-9-27/h2-3,5,7,12,14,16,22,26H,4,6,8-11,13,15H2,1H3,(H,25,28). The number of hydrogen-bond donors (Lipinski definition) is 2. The van der Waals surface area contributed by atoms with Crippen LogP contribution in [0.4, 0.5) is 0 Å². The molecule has 2 aromatic heterocycles. The van der Waals surface area contributed by atoms with Gasteiger partial charge in [-0.1, -0.05) is 13.0 Å². The number of aromatic amines is 1. The molecule has 0 saturated carbocycles. The minimum atomic E-state index is 0.00511. The molecule has 1 aliphatic carbocycles. The maximum Gasteiger partial charge on any atom is 0.251 e. The Hall–Kier alpha value is -2.15. The highest BCUT2D eigenvalue weighted by Gasteiger charge is 2.25. The van der Waals surface area contributed by atoms with Gasteiger partial charge < -0.3 is 15.0 Å². The number of hydrogen-bond acceptors (Lipinski definition) is 4. The third-order valence-electron chi connectivity index (χ3n) is 6.51. The van der Waals surface area contributed by atoms with Crippen LogP contribution in [-0.2, 0) is 17.6 Å². The second-order valence-electron chi connectivity index (χ2n) is 8.58. The Morgan fingerprint density at radius 1 is 1.33 bits per heavy atom. The van der Waals surface area contributed by atoms with Gasteiger partial charge in [-0.2, -0.15) is 0 Å². The number of nitrogens with one attached hydrogen (secondary N) is 2. The summed E-state index contributed by atoms with van der Waals surface area (Å²) in [5.41, 5.74) is 4.65. The van der Waals surface area contributed by atoms with E-state index in [-0.39, 0.29) is 11.9 Å². The second kappa shape index (κ2) is 8.53. The van der Waals surface area contributed by atoms with Crippen LogP contribution in [0.25, 0.3) is 10.9 Å². The van der Waals surface area contributed by atoms with E-state index < -0.39 is 0 Å². The zero-order valence-corrected chi connectivity index (χ0v) is 18.3. The number of H-pyrrole nitrogens is 1. The molecule has 2 unspecified atom stereocenters. The Balaban J connectivity index is 1.34. The number of carbonyl (C=O) groups is 1. The molecule has 1 aliphatic heterocycles. The molecule has 1 saturated heterocycles. The SMILES string of the molecule is CC1CCc2[nH]c3ccc(C(=O)NCC(c4cccs4)N4CCOCC4)cc3c2C1. The normalized spacial score (nSPS) is 20.8. The Kier molecular flexibility index (Phi) is 5.63. The van der Waals surface area contributed by atoms with Gasteiger partial charge in [-0.25, -0.2) is 0 Å². The Morgan fingerprint density at radius 2 is 2.20 bits per heavy atom. The molecule has 30 heavy (non-hydrogen) atoms. The van der Waals surface area contributed by atoms with E-state index in [9.17, 15) is 4.79 Å². The van der Waals surface area contributed by atoms with Crippen molar-refractivity contribution in [1.29, 1.82) is 0 Å². The third kappa shape index (κ3) is 3.92. The van der Waals surface area contributed by atoms with Gasteiger partial charge in [-0.05, 0) is 60.4 Å². The van der Waals surface area contributed by atoms with Crippen LogP contribution < -0.4 is 5.32 Å². The number of morpholine rings is 1. The summed E-state index contributed by atoms with van der Waals surface area (Å²) in [5, 5.41) is 6.53. The minimum Gasteiger partial charge on any atom is -0.379 e. The summed E-state index contributed by atoms with van der Waals surface area (Å²) in [6, 6.07) is 10.5. The molecule has 3 aromatic rings. The lowest BCUT2D eigenvalue weighted by molar-refractivity contribution is 0.0169. The first-order valence-corrected chi connectivity index (χ1v) is 11.8. The number of rotatable bonds is 5. The van der Waals surface area contributed by atoms with Crippen LogP contribution >= 0.6 is 11.3 Å². The van der Waals surface area contributed by atoms with Gasteiger partial charge in [0.25, 0.3) is 5.91 Å². The van der Waals surface area contributed by atoms with Crippen molar-refractivity contribution in [3.05, 3.63) is 57.4 Å². The summed E-state index contributed by atoms with van der Waals surface area (Å²) in [4.78, 5) is 20.3. The van der Waals surface area contributed by atoms with E-state index >= 15 is 0 Å².